The van der Waals surface area contributed by atoms with Crippen molar-refractivity contribution >= 4 is 28.9 Å². The summed E-state index contributed by atoms with van der Waals surface area (Å²) in [6, 6.07) is 8.19. The number of nitrogens with zero attached hydrogens (tertiary/aromatic N) is 1. The molecule has 0 spiro atoms. The number of halogens is 2. The molecule has 0 saturated carbocycles. The molecule has 0 radical (unpaired) electrons. The van der Waals surface area contributed by atoms with E-state index in [9.17, 15) is 19.3 Å². The molecule has 0 aliphatic rings. The van der Waals surface area contributed by atoms with E-state index in [2.05, 4.69) is 5.32 Å². The first-order valence-electron chi connectivity index (χ1n) is 6.49. The van der Waals surface area contributed by atoms with Crippen molar-refractivity contribution < 1.29 is 18.8 Å². The number of amides is 1. The molecule has 0 aliphatic carbocycles. The molecule has 1 amide bonds. The quantitative estimate of drug-likeness (QED) is 0.665. The summed E-state index contributed by atoms with van der Waals surface area (Å²) < 4.78 is 18.5. The van der Waals surface area contributed by atoms with E-state index < -0.39 is 22.3 Å². The maximum atomic E-state index is 13.2. The number of anilines is 1. The summed E-state index contributed by atoms with van der Waals surface area (Å²) in [6.45, 7) is 1.51. The number of nitrogens with one attached hydrogen (secondary N) is 1. The van der Waals surface area contributed by atoms with E-state index >= 15 is 0 Å². The van der Waals surface area contributed by atoms with Crippen LogP contribution >= 0.6 is 11.6 Å². The van der Waals surface area contributed by atoms with E-state index in [1.54, 1.807) is 18.2 Å². The molecule has 1 N–H and O–H groups in total. The van der Waals surface area contributed by atoms with Gasteiger partial charge in [-0.3, -0.25) is 14.9 Å². The van der Waals surface area contributed by atoms with Crippen molar-refractivity contribution in [1.29, 1.82) is 0 Å². The van der Waals surface area contributed by atoms with E-state index in [4.69, 9.17) is 16.3 Å². The summed E-state index contributed by atoms with van der Waals surface area (Å²) in [4.78, 5) is 21.6. The Morgan fingerprint density at radius 3 is 2.78 bits per heavy atom. The third-order valence-electron chi connectivity index (χ3n) is 2.87. The van der Waals surface area contributed by atoms with Gasteiger partial charge >= 0.3 is 5.69 Å². The highest BCUT2D eigenvalue weighted by Gasteiger charge is 2.15. The van der Waals surface area contributed by atoms with E-state index in [-0.39, 0.29) is 12.3 Å². The first kappa shape index (κ1) is 16.7. The molecule has 6 nitrogen and oxygen atoms in total. The fourth-order valence-electron chi connectivity index (χ4n) is 1.79. The maximum Gasteiger partial charge on any atom is 0.306 e. The van der Waals surface area contributed by atoms with Gasteiger partial charge in [-0.05, 0) is 36.8 Å². The fraction of sp³-hybridized carbons (Fsp3) is 0.133. The van der Waals surface area contributed by atoms with Gasteiger partial charge in [0.2, 0.25) is 5.82 Å². The number of hydrogen-bond donors (Lipinski definition) is 1. The van der Waals surface area contributed by atoms with Gasteiger partial charge in [-0.2, -0.15) is 4.39 Å². The lowest BCUT2D eigenvalue weighted by Gasteiger charge is -2.09. The van der Waals surface area contributed by atoms with E-state index in [1.165, 1.54) is 6.07 Å². The van der Waals surface area contributed by atoms with Crippen LogP contribution in [0.5, 0.6) is 5.75 Å². The highest BCUT2D eigenvalue weighted by molar-refractivity contribution is 6.32. The molecular weight excluding hydrogens is 327 g/mol. The molecule has 0 saturated heterocycles. The van der Waals surface area contributed by atoms with Crippen LogP contribution in [0.2, 0.25) is 5.02 Å². The van der Waals surface area contributed by atoms with Gasteiger partial charge in [-0.15, -0.1) is 0 Å². The molecule has 0 atom stereocenters. The van der Waals surface area contributed by atoms with Crippen molar-refractivity contribution in [3.63, 3.8) is 0 Å². The maximum absolute atomic E-state index is 13.2. The van der Waals surface area contributed by atoms with Crippen LogP contribution < -0.4 is 10.1 Å². The van der Waals surface area contributed by atoms with E-state index in [0.717, 1.165) is 17.7 Å². The Morgan fingerprint density at radius 2 is 2.09 bits per heavy atom. The molecule has 120 valence electrons. The zero-order chi connectivity index (χ0) is 17.0. The summed E-state index contributed by atoms with van der Waals surface area (Å²) in [6.07, 6.45) is 0. The number of nitro benzene ring substituents is 1. The molecule has 23 heavy (non-hydrogen) atoms. The molecule has 0 fully saturated rings. The monoisotopic (exact) mass is 338 g/mol. The topological polar surface area (TPSA) is 81.5 Å². The average molecular weight is 339 g/mol. The lowest BCUT2D eigenvalue weighted by atomic mass is 10.2. The zero-order valence-corrected chi connectivity index (χ0v) is 12.8. The lowest BCUT2D eigenvalue weighted by Crippen LogP contribution is -2.20. The summed E-state index contributed by atoms with van der Waals surface area (Å²) in [7, 11) is 0. The smallest absolute Gasteiger partial charge is 0.306 e. The SMILES string of the molecule is Cc1ccc(Cl)c(OCC(=O)Nc2ccc(F)c([N+](=O)[O-])c2)c1. The van der Waals surface area contributed by atoms with Crippen molar-refractivity contribution in [3.05, 3.63) is 62.9 Å². The van der Waals surface area contributed by atoms with Gasteiger partial charge in [0.25, 0.3) is 5.91 Å². The van der Waals surface area contributed by atoms with E-state index in [0.29, 0.717) is 10.8 Å². The Bertz CT molecular complexity index is 767. The average Bonchev–Trinajstić information content (AvgIpc) is 2.50. The molecule has 2 rings (SSSR count). The van der Waals surface area contributed by atoms with Gasteiger partial charge in [0, 0.05) is 11.8 Å². The van der Waals surface area contributed by atoms with Crippen LogP contribution in [-0.4, -0.2) is 17.4 Å². The van der Waals surface area contributed by atoms with Crippen molar-refractivity contribution in [3.8, 4) is 5.75 Å². The van der Waals surface area contributed by atoms with Crippen LogP contribution in [0.1, 0.15) is 5.56 Å². The number of ether oxygens (including phenoxy) is 1. The molecule has 0 bridgehead atoms. The number of carbonyl (C=O) groups is 1. The van der Waals surface area contributed by atoms with Crippen LogP contribution in [0.25, 0.3) is 0 Å². The normalized spacial score (nSPS) is 10.2. The number of carbonyl (C=O) groups excluding carboxylic acids is 1. The third kappa shape index (κ3) is 4.40. The van der Waals surface area contributed by atoms with Gasteiger partial charge < -0.3 is 10.1 Å². The van der Waals surface area contributed by atoms with E-state index in [1.807, 2.05) is 6.92 Å². The predicted molar refractivity (Wildman–Crippen MR) is 83.4 cm³/mol. The minimum absolute atomic E-state index is 0.0991. The summed E-state index contributed by atoms with van der Waals surface area (Å²) >= 11 is 5.94. The second-order valence-corrected chi connectivity index (χ2v) is 5.10. The number of aryl methyl sites for hydroxylation is 1. The third-order valence-corrected chi connectivity index (χ3v) is 3.18. The molecule has 8 heteroatoms. The summed E-state index contributed by atoms with van der Waals surface area (Å²) in [5, 5.41) is 13.4. The first-order chi connectivity index (χ1) is 10.9. The number of rotatable bonds is 5. The molecule has 0 heterocycles. The van der Waals surface area contributed by atoms with Gasteiger partial charge in [-0.25, -0.2) is 0 Å². The molecule has 2 aromatic carbocycles. The minimum Gasteiger partial charge on any atom is -0.482 e. The van der Waals surface area contributed by atoms with Crippen molar-refractivity contribution in [2.75, 3.05) is 11.9 Å². The first-order valence-corrected chi connectivity index (χ1v) is 6.87. The second kappa shape index (κ2) is 7.06. The Kier molecular flexibility index (Phi) is 5.13. The number of hydrogen-bond acceptors (Lipinski definition) is 4. The van der Waals surface area contributed by atoms with Gasteiger partial charge in [0.1, 0.15) is 5.75 Å². The molecule has 0 aromatic heterocycles. The standard InChI is InChI=1S/C15H12ClFN2O4/c1-9-2-4-11(16)14(6-9)23-8-15(20)18-10-3-5-12(17)13(7-10)19(21)22/h2-7H,8H2,1H3,(H,18,20). The van der Waals surface area contributed by atoms with Gasteiger partial charge in [0.15, 0.2) is 6.61 Å². The van der Waals surface area contributed by atoms with Crippen molar-refractivity contribution in [1.82, 2.24) is 0 Å². The molecule has 0 aliphatic heterocycles. The fourth-order valence-corrected chi connectivity index (χ4v) is 1.96. The Hall–Kier alpha value is -2.67. The molecular formula is C15H12ClFN2O4. The Morgan fingerprint density at radius 1 is 1.35 bits per heavy atom. The van der Waals surface area contributed by atoms with Gasteiger partial charge in [0.05, 0.1) is 9.95 Å². The second-order valence-electron chi connectivity index (χ2n) is 4.69. The number of benzene rings is 2. The largest absolute Gasteiger partial charge is 0.482 e. The molecule has 0 unspecified atom stereocenters. The predicted octanol–water partition coefficient (Wildman–Crippen LogP) is 3.71. The van der Waals surface area contributed by atoms with Crippen LogP contribution in [0, 0.1) is 22.9 Å². The van der Waals surface area contributed by atoms with Crippen LogP contribution in [0.15, 0.2) is 36.4 Å². The Labute approximate surface area is 136 Å². The summed E-state index contributed by atoms with van der Waals surface area (Å²) in [5.74, 6) is -1.17. The highest BCUT2D eigenvalue weighted by Crippen LogP contribution is 2.25. The lowest BCUT2D eigenvalue weighted by molar-refractivity contribution is -0.387. The number of nitro groups is 1. The van der Waals surface area contributed by atoms with Crippen molar-refractivity contribution in [2.24, 2.45) is 0 Å². The highest BCUT2D eigenvalue weighted by atomic mass is 35.5. The van der Waals surface area contributed by atoms with Crippen LogP contribution in [0.3, 0.4) is 0 Å². The Balaban J connectivity index is 2.01. The van der Waals surface area contributed by atoms with Crippen LogP contribution in [-0.2, 0) is 4.79 Å². The summed E-state index contributed by atoms with van der Waals surface area (Å²) in [5.41, 5.74) is 0.298. The van der Waals surface area contributed by atoms with Gasteiger partial charge in [-0.1, -0.05) is 17.7 Å². The van der Waals surface area contributed by atoms with Crippen LogP contribution in [0.4, 0.5) is 15.8 Å². The zero-order valence-electron chi connectivity index (χ0n) is 12.0. The minimum atomic E-state index is -0.976. The molecule has 2 aromatic rings. The van der Waals surface area contributed by atoms with Crippen molar-refractivity contribution in [2.45, 2.75) is 6.92 Å².